The molecule has 0 radical (unpaired) electrons. The quantitative estimate of drug-likeness (QED) is 0.481. The summed E-state index contributed by atoms with van der Waals surface area (Å²) >= 11 is 0. The first-order valence-electron chi connectivity index (χ1n) is 5.67. The van der Waals surface area contributed by atoms with E-state index in [-0.39, 0.29) is 25.2 Å². The summed E-state index contributed by atoms with van der Waals surface area (Å²) in [5.74, 6) is -3.16. The number of aliphatic carboxylic acids is 2. The molecule has 0 spiro atoms. The maximum Gasteiger partial charge on any atom is 0.326 e. The highest BCUT2D eigenvalue weighted by molar-refractivity contribution is 5.86. The molecule has 0 aromatic heterocycles. The Bertz CT molecular complexity index is 315. The van der Waals surface area contributed by atoms with Crippen LogP contribution in [0.1, 0.15) is 33.1 Å². The summed E-state index contributed by atoms with van der Waals surface area (Å²) in [7, 11) is 0. The van der Waals surface area contributed by atoms with Crippen LogP contribution in [0.15, 0.2) is 0 Å². The number of hydrogen-bond acceptors (Lipinski definition) is 4. The molecule has 0 aliphatic carbocycles. The fraction of sp³-hybridized carbons (Fsp3) is 0.727. The van der Waals surface area contributed by atoms with Gasteiger partial charge < -0.3 is 20.6 Å². The molecule has 0 saturated carbocycles. The van der Waals surface area contributed by atoms with Gasteiger partial charge in [-0.15, -0.1) is 0 Å². The van der Waals surface area contributed by atoms with Crippen molar-refractivity contribution in [3.8, 4) is 0 Å². The van der Waals surface area contributed by atoms with Crippen molar-refractivity contribution in [2.45, 2.75) is 45.3 Å². The van der Waals surface area contributed by atoms with E-state index in [9.17, 15) is 19.5 Å². The molecule has 1 amide bonds. The SMILES string of the molecule is CC(C)C[C@@H](O)C(=O)N[C@@H](CCC(=O)O)C(=O)O. The minimum absolute atomic E-state index is 0.0908. The number of carboxylic acid groups (broad SMARTS) is 2. The molecule has 0 aromatic carbocycles. The Labute approximate surface area is 105 Å². The third kappa shape index (κ3) is 6.85. The summed E-state index contributed by atoms with van der Waals surface area (Å²) in [5, 5.41) is 28.9. The standard InChI is InChI=1S/C11H19NO6/c1-6(2)5-8(13)10(16)12-7(11(17)18)3-4-9(14)15/h6-8,13H,3-5H2,1-2H3,(H,12,16)(H,14,15)(H,17,18)/t7-,8+/m0/s1. The number of carbonyl (C=O) groups is 3. The fourth-order valence-electron chi connectivity index (χ4n) is 1.35. The lowest BCUT2D eigenvalue weighted by Crippen LogP contribution is -2.46. The molecule has 0 rings (SSSR count). The Morgan fingerprint density at radius 1 is 1.17 bits per heavy atom. The lowest BCUT2D eigenvalue weighted by Gasteiger charge is -2.17. The minimum atomic E-state index is -1.32. The normalized spacial score (nSPS) is 14.0. The first-order valence-corrected chi connectivity index (χ1v) is 5.67. The van der Waals surface area contributed by atoms with Gasteiger partial charge in [0.25, 0.3) is 0 Å². The van der Waals surface area contributed by atoms with Gasteiger partial charge >= 0.3 is 11.9 Å². The highest BCUT2D eigenvalue weighted by atomic mass is 16.4. The maximum atomic E-state index is 11.5. The van der Waals surface area contributed by atoms with Crippen LogP contribution in [0.25, 0.3) is 0 Å². The molecule has 0 aliphatic heterocycles. The predicted molar refractivity (Wildman–Crippen MR) is 61.9 cm³/mol. The van der Waals surface area contributed by atoms with Gasteiger partial charge in [-0.25, -0.2) is 4.79 Å². The van der Waals surface area contributed by atoms with E-state index in [1.165, 1.54) is 0 Å². The number of carboxylic acids is 2. The zero-order valence-electron chi connectivity index (χ0n) is 10.4. The van der Waals surface area contributed by atoms with E-state index in [1.54, 1.807) is 0 Å². The number of nitrogens with one attached hydrogen (secondary N) is 1. The Morgan fingerprint density at radius 2 is 1.72 bits per heavy atom. The molecule has 7 nitrogen and oxygen atoms in total. The van der Waals surface area contributed by atoms with Crippen molar-refractivity contribution in [1.29, 1.82) is 0 Å². The average molecular weight is 261 g/mol. The van der Waals surface area contributed by atoms with Crippen LogP contribution < -0.4 is 5.32 Å². The van der Waals surface area contributed by atoms with Gasteiger partial charge in [-0.2, -0.15) is 0 Å². The first kappa shape index (κ1) is 16.4. The summed E-state index contributed by atoms with van der Waals surface area (Å²) in [6.45, 7) is 3.63. The molecule has 0 saturated heterocycles. The maximum absolute atomic E-state index is 11.5. The van der Waals surface area contributed by atoms with Crippen LogP contribution in [0.5, 0.6) is 0 Å². The zero-order valence-corrected chi connectivity index (χ0v) is 10.4. The van der Waals surface area contributed by atoms with Gasteiger partial charge in [-0.1, -0.05) is 13.8 Å². The lowest BCUT2D eigenvalue weighted by atomic mass is 10.0. The second-order valence-corrected chi connectivity index (χ2v) is 4.48. The van der Waals surface area contributed by atoms with Crippen molar-refractivity contribution in [2.75, 3.05) is 0 Å². The predicted octanol–water partition coefficient (Wildman–Crippen LogP) is -0.172. The molecule has 18 heavy (non-hydrogen) atoms. The molecular formula is C11H19NO6. The summed E-state index contributed by atoms with van der Waals surface area (Å²) in [4.78, 5) is 32.6. The number of hydrogen-bond donors (Lipinski definition) is 4. The van der Waals surface area contributed by atoms with E-state index in [1.807, 2.05) is 13.8 Å². The third-order valence-electron chi connectivity index (χ3n) is 2.26. The number of rotatable bonds is 8. The number of amides is 1. The molecule has 0 aliphatic rings. The largest absolute Gasteiger partial charge is 0.481 e. The van der Waals surface area contributed by atoms with E-state index in [0.717, 1.165) is 0 Å². The van der Waals surface area contributed by atoms with Crippen LogP contribution in [0.2, 0.25) is 0 Å². The van der Waals surface area contributed by atoms with Crippen molar-refractivity contribution in [3.05, 3.63) is 0 Å². The molecule has 0 heterocycles. The van der Waals surface area contributed by atoms with Crippen LogP contribution >= 0.6 is 0 Å². The molecule has 0 fully saturated rings. The Kier molecular flexibility index (Phi) is 6.96. The summed E-state index contributed by atoms with van der Waals surface area (Å²) in [6.07, 6.45) is -1.64. The van der Waals surface area contributed by atoms with Gasteiger partial charge in [-0.3, -0.25) is 9.59 Å². The molecule has 0 unspecified atom stereocenters. The van der Waals surface area contributed by atoms with Gasteiger partial charge in [0.2, 0.25) is 5.91 Å². The van der Waals surface area contributed by atoms with Gasteiger partial charge in [0.15, 0.2) is 0 Å². The molecular weight excluding hydrogens is 242 g/mol. The van der Waals surface area contributed by atoms with Gasteiger partial charge in [0, 0.05) is 6.42 Å². The van der Waals surface area contributed by atoms with Crippen LogP contribution in [-0.2, 0) is 14.4 Å². The summed E-state index contributed by atoms with van der Waals surface area (Å²) in [6, 6.07) is -1.30. The van der Waals surface area contributed by atoms with Crippen molar-refractivity contribution in [1.82, 2.24) is 5.32 Å². The Balaban J connectivity index is 4.35. The van der Waals surface area contributed by atoms with Crippen molar-refractivity contribution < 1.29 is 29.7 Å². The Morgan fingerprint density at radius 3 is 2.11 bits per heavy atom. The molecule has 7 heteroatoms. The monoisotopic (exact) mass is 261 g/mol. The van der Waals surface area contributed by atoms with E-state index >= 15 is 0 Å². The second kappa shape index (κ2) is 7.65. The summed E-state index contributed by atoms with van der Waals surface area (Å²) < 4.78 is 0. The fourth-order valence-corrected chi connectivity index (χ4v) is 1.35. The highest BCUT2D eigenvalue weighted by Crippen LogP contribution is 2.06. The van der Waals surface area contributed by atoms with Crippen molar-refractivity contribution in [3.63, 3.8) is 0 Å². The minimum Gasteiger partial charge on any atom is -0.481 e. The number of aliphatic hydroxyl groups is 1. The van der Waals surface area contributed by atoms with Gasteiger partial charge in [0.1, 0.15) is 12.1 Å². The zero-order chi connectivity index (χ0) is 14.3. The van der Waals surface area contributed by atoms with E-state index in [4.69, 9.17) is 10.2 Å². The summed E-state index contributed by atoms with van der Waals surface area (Å²) in [5.41, 5.74) is 0. The first-order chi connectivity index (χ1) is 8.23. The second-order valence-electron chi connectivity index (χ2n) is 4.48. The topological polar surface area (TPSA) is 124 Å². The third-order valence-corrected chi connectivity index (χ3v) is 2.26. The molecule has 2 atom stereocenters. The smallest absolute Gasteiger partial charge is 0.326 e. The van der Waals surface area contributed by atoms with Crippen LogP contribution in [0.4, 0.5) is 0 Å². The van der Waals surface area contributed by atoms with E-state index in [2.05, 4.69) is 5.32 Å². The van der Waals surface area contributed by atoms with Gasteiger partial charge in [-0.05, 0) is 18.8 Å². The number of carbonyl (C=O) groups excluding carboxylic acids is 1. The average Bonchev–Trinajstić information content (AvgIpc) is 2.21. The van der Waals surface area contributed by atoms with Crippen molar-refractivity contribution in [2.24, 2.45) is 5.92 Å². The van der Waals surface area contributed by atoms with E-state index in [0.29, 0.717) is 0 Å². The van der Waals surface area contributed by atoms with Crippen LogP contribution in [0, 0.1) is 5.92 Å². The molecule has 0 bridgehead atoms. The molecule has 0 aromatic rings. The van der Waals surface area contributed by atoms with E-state index < -0.39 is 30.0 Å². The molecule has 4 N–H and O–H groups in total. The molecule has 104 valence electrons. The van der Waals surface area contributed by atoms with Crippen LogP contribution in [0.3, 0.4) is 0 Å². The highest BCUT2D eigenvalue weighted by Gasteiger charge is 2.24. The van der Waals surface area contributed by atoms with Crippen LogP contribution in [-0.4, -0.2) is 45.3 Å². The Hall–Kier alpha value is -1.63. The van der Waals surface area contributed by atoms with Crippen molar-refractivity contribution >= 4 is 17.8 Å². The lowest BCUT2D eigenvalue weighted by molar-refractivity contribution is -0.144. The van der Waals surface area contributed by atoms with Gasteiger partial charge in [0.05, 0.1) is 0 Å². The number of aliphatic hydroxyl groups excluding tert-OH is 1.